The van der Waals surface area contributed by atoms with Gasteiger partial charge in [-0.3, -0.25) is 9.59 Å². The van der Waals surface area contributed by atoms with Gasteiger partial charge >= 0.3 is 5.97 Å². The fourth-order valence-corrected chi connectivity index (χ4v) is 4.50. The van der Waals surface area contributed by atoms with Crippen molar-refractivity contribution in [3.63, 3.8) is 0 Å². The lowest BCUT2D eigenvalue weighted by Gasteiger charge is -2.47. The molecule has 1 saturated carbocycles. The number of aliphatic carboxylic acids is 1. The summed E-state index contributed by atoms with van der Waals surface area (Å²) in [5.74, 6) is -0.177. The van der Waals surface area contributed by atoms with Gasteiger partial charge in [0.25, 0.3) is 0 Å². The quantitative estimate of drug-likeness (QED) is 0.744. The summed E-state index contributed by atoms with van der Waals surface area (Å²) in [5.41, 5.74) is 2.58. The monoisotopic (exact) mass is 274 g/mol. The SMILES string of the molecule is CC1=C2CCC3(C(=O)O)CCCC=C3C2CC(C)C1=O. The van der Waals surface area contributed by atoms with Crippen molar-refractivity contribution in [3.05, 3.63) is 22.8 Å². The Kier molecular flexibility index (Phi) is 3.11. The van der Waals surface area contributed by atoms with Gasteiger partial charge in [-0.05, 0) is 56.6 Å². The molecule has 0 radical (unpaired) electrons. The molecule has 3 nitrogen and oxygen atoms in total. The van der Waals surface area contributed by atoms with Crippen LogP contribution in [0.25, 0.3) is 0 Å². The van der Waals surface area contributed by atoms with Crippen LogP contribution in [0, 0.1) is 17.3 Å². The molecule has 3 aliphatic carbocycles. The Bertz CT molecular complexity index is 540. The average molecular weight is 274 g/mol. The van der Waals surface area contributed by atoms with Crippen LogP contribution in [-0.2, 0) is 9.59 Å². The van der Waals surface area contributed by atoms with Crippen LogP contribution in [-0.4, -0.2) is 16.9 Å². The minimum absolute atomic E-state index is 0.0242. The molecule has 20 heavy (non-hydrogen) atoms. The summed E-state index contributed by atoms with van der Waals surface area (Å²) < 4.78 is 0. The number of carbonyl (C=O) groups excluding carboxylic acids is 1. The molecule has 1 N–H and O–H groups in total. The molecule has 3 atom stereocenters. The fourth-order valence-electron chi connectivity index (χ4n) is 4.50. The highest BCUT2D eigenvalue weighted by Crippen LogP contribution is 2.55. The Balaban J connectivity index is 2.10. The molecular weight excluding hydrogens is 252 g/mol. The fraction of sp³-hybridized carbons (Fsp3) is 0.647. The lowest BCUT2D eigenvalue weighted by Crippen LogP contribution is -2.43. The molecule has 0 aromatic rings. The van der Waals surface area contributed by atoms with Crippen LogP contribution in [0.2, 0.25) is 0 Å². The van der Waals surface area contributed by atoms with E-state index >= 15 is 0 Å². The summed E-state index contributed by atoms with van der Waals surface area (Å²) in [7, 11) is 0. The number of ketones is 1. The summed E-state index contributed by atoms with van der Waals surface area (Å²) in [6, 6.07) is 0. The van der Waals surface area contributed by atoms with Gasteiger partial charge in [0, 0.05) is 11.8 Å². The van der Waals surface area contributed by atoms with Crippen LogP contribution < -0.4 is 0 Å². The first-order valence-corrected chi connectivity index (χ1v) is 7.65. The number of rotatable bonds is 1. The van der Waals surface area contributed by atoms with Crippen LogP contribution in [0.1, 0.15) is 52.4 Å². The van der Waals surface area contributed by atoms with Gasteiger partial charge in [-0.15, -0.1) is 0 Å². The normalized spacial score (nSPS) is 37.1. The zero-order chi connectivity index (χ0) is 14.5. The van der Waals surface area contributed by atoms with Crippen molar-refractivity contribution in [2.24, 2.45) is 17.3 Å². The second-order valence-electron chi connectivity index (χ2n) is 6.64. The second kappa shape index (κ2) is 4.57. The molecule has 3 heteroatoms. The van der Waals surface area contributed by atoms with Gasteiger partial charge in [0.1, 0.15) is 0 Å². The number of hydrogen-bond donors (Lipinski definition) is 1. The molecule has 0 heterocycles. The zero-order valence-corrected chi connectivity index (χ0v) is 12.2. The van der Waals surface area contributed by atoms with E-state index in [-0.39, 0.29) is 17.6 Å². The Labute approximate surface area is 119 Å². The summed E-state index contributed by atoms with van der Waals surface area (Å²) in [5, 5.41) is 9.77. The van der Waals surface area contributed by atoms with Gasteiger partial charge in [0.2, 0.25) is 0 Å². The first-order valence-electron chi connectivity index (χ1n) is 7.65. The summed E-state index contributed by atoms with van der Waals surface area (Å²) in [6.07, 6.45) is 7.12. The van der Waals surface area contributed by atoms with Gasteiger partial charge in [-0.1, -0.05) is 18.6 Å². The van der Waals surface area contributed by atoms with E-state index in [1.165, 1.54) is 5.57 Å². The molecule has 1 fully saturated rings. The third kappa shape index (κ3) is 1.72. The Morgan fingerprint density at radius 2 is 2.15 bits per heavy atom. The van der Waals surface area contributed by atoms with Crippen LogP contribution in [0.5, 0.6) is 0 Å². The molecule has 3 unspecified atom stereocenters. The number of fused-ring (bicyclic) bond motifs is 3. The van der Waals surface area contributed by atoms with E-state index in [4.69, 9.17) is 0 Å². The first-order chi connectivity index (χ1) is 9.47. The summed E-state index contributed by atoms with van der Waals surface area (Å²) in [6.45, 7) is 3.90. The molecule has 0 aromatic heterocycles. The van der Waals surface area contributed by atoms with E-state index in [1.54, 1.807) is 0 Å². The van der Waals surface area contributed by atoms with E-state index < -0.39 is 11.4 Å². The molecule has 0 spiro atoms. The number of allylic oxidation sites excluding steroid dienone is 3. The van der Waals surface area contributed by atoms with E-state index in [0.717, 1.165) is 43.3 Å². The molecule has 3 rings (SSSR count). The number of carbonyl (C=O) groups is 2. The van der Waals surface area contributed by atoms with Crippen LogP contribution >= 0.6 is 0 Å². The maximum atomic E-state index is 12.2. The van der Waals surface area contributed by atoms with E-state index in [0.29, 0.717) is 6.42 Å². The third-order valence-corrected chi connectivity index (χ3v) is 5.64. The lowest BCUT2D eigenvalue weighted by molar-refractivity contribution is -0.148. The molecule has 0 bridgehead atoms. The molecule has 108 valence electrons. The maximum absolute atomic E-state index is 12.2. The summed E-state index contributed by atoms with van der Waals surface area (Å²) >= 11 is 0. The second-order valence-corrected chi connectivity index (χ2v) is 6.64. The zero-order valence-electron chi connectivity index (χ0n) is 12.2. The van der Waals surface area contributed by atoms with E-state index in [9.17, 15) is 14.7 Å². The van der Waals surface area contributed by atoms with Gasteiger partial charge in [-0.25, -0.2) is 0 Å². The predicted molar refractivity (Wildman–Crippen MR) is 76.2 cm³/mol. The van der Waals surface area contributed by atoms with Gasteiger partial charge < -0.3 is 5.11 Å². The topological polar surface area (TPSA) is 54.4 Å². The highest BCUT2D eigenvalue weighted by atomic mass is 16.4. The van der Waals surface area contributed by atoms with Gasteiger partial charge in [0.15, 0.2) is 5.78 Å². The minimum Gasteiger partial charge on any atom is -0.481 e. The van der Waals surface area contributed by atoms with Crippen molar-refractivity contribution in [2.75, 3.05) is 0 Å². The van der Waals surface area contributed by atoms with E-state index in [1.807, 2.05) is 13.8 Å². The number of carboxylic acids is 1. The first kappa shape index (κ1) is 13.6. The largest absolute Gasteiger partial charge is 0.481 e. The van der Waals surface area contributed by atoms with E-state index in [2.05, 4.69) is 6.08 Å². The predicted octanol–water partition coefficient (Wildman–Crippen LogP) is 3.50. The van der Waals surface area contributed by atoms with Gasteiger partial charge in [-0.2, -0.15) is 0 Å². The molecule has 3 aliphatic rings. The Hall–Kier alpha value is -1.38. The minimum atomic E-state index is -0.662. The van der Waals surface area contributed by atoms with Crippen LogP contribution in [0.4, 0.5) is 0 Å². The van der Waals surface area contributed by atoms with Crippen molar-refractivity contribution in [1.82, 2.24) is 0 Å². The molecule has 0 saturated heterocycles. The van der Waals surface area contributed by atoms with Crippen molar-refractivity contribution < 1.29 is 14.7 Å². The van der Waals surface area contributed by atoms with Crippen molar-refractivity contribution in [3.8, 4) is 0 Å². The molecular formula is C17H22O3. The standard InChI is InChI=1S/C17H22O3/c1-10-9-13-12(11(2)15(10)18)6-8-17(16(19)20)7-4-3-5-14(13)17/h5,10,13H,3-4,6-9H2,1-2H3,(H,19,20). The number of Topliss-reactive ketones (excluding diaryl/α,β-unsaturated/α-hetero) is 1. The van der Waals surface area contributed by atoms with Crippen molar-refractivity contribution >= 4 is 11.8 Å². The van der Waals surface area contributed by atoms with Crippen molar-refractivity contribution in [2.45, 2.75) is 52.4 Å². The molecule has 0 aliphatic heterocycles. The third-order valence-electron chi connectivity index (χ3n) is 5.64. The average Bonchev–Trinajstić information content (AvgIpc) is 2.44. The molecule has 0 aromatic carbocycles. The van der Waals surface area contributed by atoms with Crippen LogP contribution in [0.3, 0.4) is 0 Å². The highest BCUT2D eigenvalue weighted by Gasteiger charge is 2.51. The number of carboxylic acid groups (broad SMARTS) is 1. The molecule has 0 amide bonds. The Morgan fingerprint density at radius 1 is 1.40 bits per heavy atom. The summed E-state index contributed by atoms with van der Waals surface area (Å²) in [4.78, 5) is 24.0. The van der Waals surface area contributed by atoms with Crippen molar-refractivity contribution in [1.29, 1.82) is 0 Å². The number of hydrogen-bond acceptors (Lipinski definition) is 2. The van der Waals surface area contributed by atoms with Crippen LogP contribution in [0.15, 0.2) is 22.8 Å². The lowest BCUT2D eigenvalue weighted by atomic mass is 9.56. The maximum Gasteiger partial charge on any atom is 0.313 e. The highest BCUT2D eigenvalue weighted by molar-refractivity contribution is 5.98. The Morgan fingerprint density at radius 3 is 2.85 bits per heavy atom. The van der Waals surface area contributed by atoms with Gasteiger partial charge in [0.05, 0.1) is 5.41 Å². The smallest absolute Gasteiger partial charge is 0.313 e.